The van der Waals surface area contributed by atoms with E-state index >= 15 is 0 Å². The summed E-state index contributed by atoms with van der Waals surface area (Å²) in [5, 5.41) is 7.50. The Labute approximate surface area is 220 Å². The van der Waals surface area contributed by atoms with Crippen LogP contribution < -0.4 is 9.80 Å². The number of carbonyl (C=O) groups excluding carboxylic acids is 2. The Balaban J connectivity index is 1.35. The summed E-state index contributed by atoms with van der Waals surface area (Å²) in [6, 6.07) is 1.96. The molecule has 14 heteroatoms. The van der Waals surface area contributed by atoms with Gasteiger partial charge in [0.1, 0.15) is 10.6 Å². The zero-order chi connectivity index (χ0) is 26.6. The number of rotatable bonds is 5. The minimum atomic E-state index is -4.70. The maximum Gasteiger partial charge on any atom is 0.451 e. The predicted octanol–water partition coefficient (Wildman–Crippen LogP) is 3.36. The van der Waals surface area contributed by atoms with Gasteiger partial charge in [0.05, 0.1) is 11.3 Å². The molecule has 38 heavy (non-hydrogen) atoms. The van der Waals surface area contributed by atoms with E-state index in [0.717, 1.165) is 48.2 Å². The van der Waals surface area contributed by atoms with Gasteiger partial charge in [-0.25, -0.2) is 4.98 Å². The third-order valence-corrected chi connectivity index (χ3v) is 8.48. The molecule has 0 N–H and O–H groups in total. The molecule has 0 bridgehead atoms. The molecule has 3 aliphatic heterocycles. The van der Waals surface area contributed by atoms with Crippen LogP contribution in [0.4, 0.5) is 24.9 Å². The molecule has 0 aliphatic carbocycles. The Kier molecular flexibility index (Phi) is 6.23. The minimum Gasteiger partial charge on any atom is -0.342 e. The number of fused-ring (bicyclic) bond motifs is 2. The molecule has 2 saturated heterocycles. The van der Waals surface area contributed by atoms with Crippen molar-refractivity contribution in [2.45, 2.75) is 51.7 Å². The molecule has 6 heterocycles. The lowest BCUT2D eigenvalue weighted by molar-refractivity contribution is -0.147. The van der Waals surface area contributed by atoms with Gasteiger partial charge in [-0.05, 0) is 31.7 Å². The second-order valence-electron chi connectivity index (χ2n) is 9.95. The van der Waals surface area contributed by atoms with E-state index in [0.29, 0.717) is 41.5 Å². The third kappa shape index (κ3) is 4.28. The summed E-state index contributed by atoms with van der Waals surface area (Å²) < 4.78 is 40.9. The highest BCUT2D eigenvalue weighted by Crippen LogP contribution is 2.37. The standard InChI is InChI=1S/C24H27F3N8O2S/c1-2-5-15-12-16-17(34-10-11-35-18(21(34)37)30-31-22(35)24(25,26)27)28-23(29-19(16)38-15)33-9-6-14(13-33)20(36)32-7-3-4-8-32/h12,14H,2-11,13H2,1H3. The molecule has 10 nitrogen and oxygen atoms in total. The molecule has 1 unspecified atom stereocenters. The zero-order valence-corrected chi connectivity index (χ0v) is 21.7. The second kappa shape index (κ2) is 9.47. The van der Waals surface area contributed by atoms with Crippen molar-refractivity contribution in [3.8, 4) is 0 Å². The van der Waals surface area contributed by atoms with Crippen molar-refractivity contribution in [3.63, 3.8) is 0 Å². The van der Waals surface area contributed by atoms with E-state index in [-0.39, 0.29) is 30.7 Å². The van der Waals surface area contributed by atoms with Crippen LogP contribution in [-0.2, 0) is 23.9 Å². The molecule has 3 aromatic heterocycles. The van der Waals surface area contributed by atoms with Crippen LogP contribution in [0.2, 0.25) is 0 Å². The Morgan fingerprint density at radius 3 is 2.63 bits per heavy atom. The molecular weight excluding hydrogens is 521 g/mol. The van der Waals surface area contributed by atoms with Crippen LogP contribution in [0.25, 0.3) is 10.2 Å². The van der Waals surface area contributed by atoms with Gasteiger partial charge in [-0.2, -0.15) is 18.2 Å². The number of aryl methyl sites for hydroxylation is 1. The summed E-state index contributed by atoms with van der Waals surface area (Å²) in [4.78, 5) is 43.0. The van der Waals surface area contributed by atoms with Crippen molar-refractivity contribution in [1.82, 2.24) is 29.6 Å². The molecule has 2 amide bonds. The lowest BCUT2D eigenvalue weighted by Gasteiger charge is -2.28. The van der Waals surface area contributed by atoms with Crippen LogP contribution in [0.15, 0.2) is 6.07 Å². The van der Waals surface area contributed by atoms with Gasteiger partial charge >= 0.3 is 6.18 Å². The number of anilines is 2. The van der Waals surface area contributed by atoms with Crippen molar-refractivity contribution < 1.29 is 22.8 Å². The molecule has 202 valence electrons. The molecule has 3 aliphatic rings. The fraction of sp³-hybridized carbons (Fsp3) is 0.583. The summed E-state index contributed by atoms with van der Waals surface area (Å²) in [6.45, 7) is 4.66. The molecule has 2 fully saturated rings. The highest BCUT2D eigenvalue weighted by atomic mass is 32.1. The second-order valence-corrected chi connectivity index (χ2v) is 11.1. The van der Waals surface area contributed by atoms with Crippen LogP contribution in [0.5, 0.6) is 0 Å². The van der Waals surface area contributed by atoms with E-state index in [4.69, 9.17) is 9.97 Å². The number of hydrogen-bond donors (Lipinski definition) is 0. The molecule has 6 rings (SSSR count). The Morgan fingerprint density at radius 2 is 1.89 bits per heavy atom. The lowest BCUT2D eigenvalue weighted by atomic mass is 10.1. The van der Waals surface area contributed by atoms with Crippen LogP contribution in [0.3, 0.4) is 0 Å². The number of amides is 2. The smallest absolute Gasteiger partial charge is 0.342 e. The summed E-state index contributed by atoms with van der Waals surface area (Å²) in [7, 11) is 0. The van der Waals surface area contributed by atoms with E-state index in [1.54, 1.807) is 0 Å². The van der Waals surface area contributed by atoms with Gasteiger partial charge in [0.15, 0.2) is 0 Å². The van der Waals surface area contributed by atoms with Gasteiger partial charge in [0.2, 0.25) is 23.5 Å². The van der Waals surface area contributed by atoms with Crippen LogP contribution >= 0.6 is 11.3 Å². The van der Waals surface area contributed by atoms with Crippen molar-refractivity contribution in [3.05, 3.63) is 22.6 Å². The average molecular weight is 549 g/mol. The zero-order valence-electron chi connectivity index (χ0n) is 20.9. The van der Waals surface area contributed by atoms with Crippen molar-refractivity contribution >= 4 is 45.1 Å². The van der Waals surface area contributed by atoms with E-state index in [1.165, 1.54) is 16.2 Å². The van der Waals surface area contributed by atoms with Crippen molar-refractivity contribution in [2.24, 2.45) is 5.92 Å². The Hall–Kier alpha value is -3.29. The van der Waals surface area contributed by atoms with Gasteiger partial charge in [-0.15, -0.1) is 21.5 Å². The maximum atomic E-state index is 13.4. The number of aromatic nitrogens is 5. The van der Waals surface area contributed by atoms with E-state index in [9.17, 15) is 22.8 Å². The maximum absolute atomic E-state index is 13.4. The number of nitrogens with zero attached hydrogens (tertiary/aromatic N) is 8. The van der Waals surface area contributed by atoms with Crippen LogP contribution in [0, 0.1) is 5.92 Å². The Morgan fingerprint density at radius 1 is 1.11 bits per heavy atom. The summed E-state index contributed by atoms with van der Waals surface area (Å²) in [5.74, 6) is -1.42. The topological polar surface area (TPSA) is 100 Å². The number of carbonyl (C=O) groups is 2. The van der Waals surface area contributed by atoms with Crippen LogP contribution in [-0.4, -0.2) is 74.2 Å². The first kappa shape index (κ1) is 25.0. The highest BCUT2D eigenvalue weighted by Gasteiger charge is 2.42. The summed E-state index contributed by atoms with van der Waals surface area (Å²) in [5.41, 5.74) is 0. The number of likely N-dealkylation sites (tertiary alicyclic amines) is 1. The molecule has 1 atom stereocenters. The monoisotopic (exact) mass is 548 g/mol. The molecular formula is C24H27F3N8O2S. The van der Waals surface area contributed by atoms with Crippen molar-refractivity contribution in [1.29, 1.82) is 0 Å². The predicted molar refractivity (Wildman–Crippen MR) is 134 cm³/mol. The molecule has 0 spiro atoms. The van der Waals surface area contributed by atoms with Crippen molar-refractivity contribution in [2.75, 3.05) is 42.5 Å². The first-order valence-corrected chi connectivity index (χ1v) is 13.7. The van der Waals surface area contributed by atoms with Gasteiger partial charge in [0.25, 0.3) is 5.91 Å². The number of alkyl halides is 3. The first-order chi connectivity index (χ1) is 18.2. The van der Waals surface area contributed by atoms with Gasteiger partial charge < -0.3 is 9.80 Å². The molecule has 3 aromatic rings. The fourth-order valence-electron chi connectivity index (χ4n) is 5.51. The number of hydrogen-bond acceptors (Lipinski definition) is 8. The number of halogens is 3. The summed E-state index contributed by atoms with van der Waals surface area (Å²) >= 11 is 1.52. The van der Waals surface area contributed by atoms with Crippen LogP contribution in [0.1, 0.15) is 53.9 Å². The molecule has 0 aromatic carbocycles. The van der Waals surface area contributed by atoms with E-state index in [1.807, 2.05) is 15.9 Å². The fourth-order valence-corrected chi connectivity index (χ4v) is 6.63. The van der Waals surface area contributed by atoms with Gasteiger partial charge in [-0.3, -0.25) is 19.1 Å². The third-order valence-electron chi connectivity index (χ3n) is 7.39. The van der Waals surface area contributed by atoms with E-state index < -0.39 is 17.9 Å². The quantitative estimate of drug-likeness (QED) is 0.482. The SMILES string of the molecule is CCCc1cc2c(N3CCn4c(nnc4C(F)(F)F)C3=O)nc(N3CCC(C(=O)N4CCCC4)C3)nc2s1. The van der Waals surface area contributed by atoms with Gasteiger partial charge in [0, 0.05) is 44.1 Å². The molecule has 0 saturated carbocycles. The Bertz CT molecular complexity index is 1400. The average Bonchev–Trinajstić information content (AvgIpc) is 3.68. The summed E-state index contributed by atoms with van der Waals surface area (Å²) in [6.07, 6.45) is -0.171. The normalized spacial score (nSPS) is 20.2. The number of thiophene rings is 1. The first-order valence-electron chi connectivity index (χ1n) is 12.9. The van der Waals surface area contributed by atoms with E-state index in [2.05, 4.69) is 17.1 Å². The highest BCUT2D eigenvalue weighted by molar-refractivity contribution is 7.18. The van der Waals surface area contributed by atoms with Gasteiger partial charge in [-0.1, -0.05) is 13.3 Å². The molecule has 0 radical (unpaired) electrons. The largest absolute Gasteiger partial charge is 0.451 e. The minimum absolute atomic E-state index is 0.00641. The lowest BCUT2D eigenvalue weighted by Crippen LogP contribution is -2.42.